The molecule has 0 heterocycles. The predicted octanol–water partition coefficient (Wildman–Crippen LogP) is 6.84. The van der Waals surface area contributed by atoms with Gasteiger partial charge in [0.2, 0.25) is 11.8 Å². The van der Waals surface area contributed by atoms with E-state index in [1.165, 1.54) is 34.9 Å². The van der Waals surface area contributed by atoms with E-state index >= 15 is 4.39 Å². The van der Waals surface area contributed by atoms with Crippen LogP contribution in [-0.4, -0.2) is 56.6 Å². The molecule has 1 unspecified atom stereocenters. The molecule has 0 aromatic heterocycles. The molecule has 4 aromatic carbocycles. The van der Waals surface area contributed by atoms with Crippen LogP contribution in [0.4, 0.5) is 10.1 Å². The fourth-order valence-electron chi connectivity index (χ4n) is 6.01. The van der Waals surface area contributed by atoms with Crippen molar-refractivity contribution in [3.63, 3.8) is 0 Å². The third-order valence-electron chi connectivity index (χ3n) is 8.63. The molecule has 0 saturated heterocycles. The maximum atomic E-state index is 15.2. The van der Waals surface area contributed by atoms with Crippen LogP contribution in [0.15, 0.2) is 113 Å². The minimum atomic E-state index is -4.28. The third-order valence-corrected chi connectivity index (χ3v) is 11.2. The van der Waals surface area contributed by atoms with E-state index in [1.54, 1.807) is 54.6 Å². The Morgan fingerprint density at radius 3 is 2.20 bits per heavy atom. The van der Waals surface area contributed by atoms with Gasteiger partial charge in [0.1, 0.15) is 24.2 Å². The molecule has 1 saturated carbocycles. The van der Waals surface area contributed by atoms with Crippen LogP contribution in [0.5, 0.6) is 5.75 Å². The summed E-state index contributed by atoms with van der Waals surface area (Å²) in [5.74, 6) is -0.987. The van der Waals surface area contributed by atoms with Crippen molar-refractivity contribution in [3.8, 4) is 5.75 Å². The van der Waals surface area contributed by atoms with Crippen LogP contribution in [0.1, 0.15) is 43.7 Å². The predicted molar refractivity (Wildman–Crippen MR) is 192 cm³/mol. The van der Waals surface area contributed by atoms with Gasteiger partial charge in [0.05, 0.1) is 17.2 Å². The van der Waals surface area contributed by atoms with Crippen molar-refractivity contribution in [1.29, 1.82) is 0 Å². The van der Waals surface area contributed by atoms with E-state index in [0.29, 0.717) is 12.4 Å². The van der Waals surface area contributed by atoms with E-state index in [2.05, 4.69) is 5.32 Å². The molecule has 0 radical (unpaired) electrons. The van der Waals surface area contributed by atoms with Crippen LogP contribution in [-0.2, 0) is 32.6 Å². The van der Waals surface area contributed by atoms with Crippen molar-refractivity contribution in [2.75, 3.05) is 23.7 Å². The summed E-state index contributed by atoms with van der Waals surface area (Å²) in [6.45, 7) is 1.41. The molecule has 1 aliphatic carbocycles. The fraction of sp³-hybridized carbons (Fsp3) is 0.316. The Morgan fingerprint density at radius 2 is 1.57 bits per heavy atom. The summed E-state index contributed by atoms with van der Waals surface area (Å²) in [5, 5.41) is 3.13. The van der Waals surface area contributed by atoms with Crippen LogP contribution >= 0.6 is 11.8 Å². The summed E-state index contributed by atoms with van der Waals surface area (Å²) in [6.07, 6.45) is 5.73. The van der Waals surface area contributed by atoms with Gasteiger partial charge in [-0.15, -0.1) is 11.8 Å². The average molecular weight is 704 g/mol. The first kappa shape index (κ1) is 35.9. The number of rotatable bonds is 15. The molecule has 1 N–H and O–H groups in total. The summed E-state index contributed by atoms with van der Waals surface area (Å²) in [7, 11) is -4.28. The number of carbonyl (C=O) groups is 2. The summed E-state index contributed by atoms with van der Waals surface area (Å²) < 4.78 is 50.4. The number of hydrogen-bond acceptors (Lipinski definition) is 6. The Hall–Kier alpha value is -4.35. The fourth-order valence-corrected chi connectivity index (χ4v) is 7.83. The largest absolute Gasteiger partial charge is 0.494 e. The monoisotopic (exact) mass is 703 g/mol. The van der Waals surface area contributed by atoms with Gasteiger partial charge >= 0.3 is 0 Å². The Bertz CT molecular complexity index is 1800. The Balaban J connectivity index is 1.57. The number of ether oxygens (including phenoxy) is 1. The molecule has 0 bridgehead atoms. The number of carbonyl (C=O) groups excluding carboxylic acids is 2. The molecule has 258 valence electrons. The molecule has 4 aromatic rings. The zero-order valence-corrected chi connectivity index (χ0v) is 29.4. The van der Waals surface area contributed by atoms with Gasteiger partial charge in [-0.05, 0) is 86.2 Å². The van der Waals surface area contributed by atoms with Crippen LogP contribution in [0.3, 0.4) is 0 Å². The molecule has 11 heteroatoms. The molecule has 1 atom stereocenters. The first-order chi connectivity index (χ1) is 23.7. The molecule has 1 aliphatic rings. The van der Waals surface area contributed by atoms with Crippen LogP contribution in [0.25, 0.3) is 0 Å². The molecular formula is C38H42FN3O5S2. The van der Waals surface area contributed by atoms with Gasteiger partial charge in [0.15, 0.2) is 0 Å². The molecular weight excluding hydrogens is 662 g/mol. The van der Waals surface area contributed by atoms with Crippen molar-refractivity contribution in [3.05, 3.63) is 120 Å². The number of hydrogen-bond donors (Lipinski definition) is 1. The highest BCUT2D eigenvalue weighted by Gasteiger charge is 2.36. The molecule has 2 amide bonds. The number of benzene rings is 4. The minimum absolute atomic E-state index is 0.00690. The highest BCUT2D eigenvalue weighted by Crippen LogP contribution is 2.28. The zero-order chi connectivity index (χ0) is 34.8. The SMILES string of the molecule is CCOc1ccc(N(CC(=O)N(Cc2ccccc2F)C(Cc2ccccc2)C(=O)NC2CCCC2)S(=O)(=O)c2ccc(SC)cc2)cc1. The number of thioether (sulfide) groups is 1. The molecule has 49 heavy (non-hydrogen) atoms. The maximum absolute atomic E-state index is 15.2. The van der Waals surface area contributed by atoms with Crippen molar-refractivity contribution in [2.45, 2.75) is 67.4 Å². The number of nitrogens with zero attached hydrogens (tertiary/aromatic N) is 2. The van der Waals surface area contributed by atoms with Gasteiger partial charge in [0.25, 0.3) is 10.0 Å². The normalized spacial score (nSPS) is 13.9. The van der Waals surface area contributed by atoms with Crippen LogP contribution in [0.2, 0.25) is 0 Å². The van der Waals surface area contributed by atoms with Crippen molar-refractivity contribution in [2.24, 2.45) is 0 Å². The smallest absolute Gasteiger partial charge is 0.264 e. The standard InChI is InChI=1S/C38H42FN3O5S2/c1-3-47-32-19-17-31(18-20-32)42(49(45,46)34-23-21-33(48-2)22-24-34)27-37(43)41(26-29-13-7-10-16-35(29)39)36(25-28-11-5-4-6-12-28)38(44)40-30-14-8-9-15-30/h4-7,10-13,16-24,30,36H,3,8-9,14-15,25-27H2,1-2H3,(H,40,44). The highest BCUT2D eigenvalue weighted by atomic mass is 32.2. The van der Waals surface area contributed by atoms with Crippen molar-refractivity contribution in [1.82, 2.24) is 10.2 Å². The van der Waals surface area contributed by atoms with E-state index in [1.807, 2.05) is 43.5 Å². The Kier molecular flexibility index (Phi) is 12.4. The van der Waals surface area contributed by atoms with Gasteiger partial charge in [-0.25, -0.2) is 12.8 Å². The van der Waals surface area contributed by atoms with Gasteiger partial charge in [-0.1, -0.05) is 61.4 Å². The molecule has 0 spiro atoms. The second-order valence-corrected chi connectivity index (χ2v) is 14.7. The quantitative estimate of drug-likeness (QED) is 0.136. The first-order valence-corrected chi connectivity index (χ1v) is 19.1. The zero-order valence-electron chi connectivity index (χ0n) is 27.8. The number of sulfonamides is 1. The van der Waals surface area contributed by atoms with E-state index in [9.17, 15) is 18.0 Å². The summed E-state index contributed by atoms with van der Waals surface area (Å²) in [4.78, 5) is 31.0. The number of amides is 2. The summed E-state index contributed by atoms with van der Waals surface area (Å²) >= 11 is 1.48. The molecule has 5 rings (SSSR count). The second-order valence-electron chi connectivity index (χ2n) is 11.9. The summed E-state index contributed by atoms with van der Waals surface area (Å²) in [6, 6.07) is 27.3. The lowest BCUT2D eigenvalue weighted by atomic mass is 10.0. The molecule has 0 aliphatic heterocycles. The Labute approximate surface area is 292 Å². The van der Waals surface area contributed by atoms with Crippen LogP contribution < -0.4 is 14.4 Å². The summed E-state index contributed by atoms with van der Waals surface area (Å²) in [5.41, 5.74) is 1.27. The van der Waals surface area contributed by atoms with Crippen molar-refractivity contribution >= 4 is 39.3 Å². The number of halogens is 1. The Morgan fingerprint density at radius 1 is 0.918 bits per heavy atom. The van der Waals surface area contributed by atoms with Crippen molar-refractivity contribution < 1.29 is 27.1 Å². The van der Waals surface area contributed by atoms with E-state index in [-0.39, 0.29) is 41.1 Å². The third kappa shape index (κ3) is 9.21. The topological polar surface area (TPSA) is 96.0 Å². The molecule has 8 nitrogen and oxygen atoms in total. The number of nitrogens with one attached hydrogen (secondary N) is 1. The van der Waals surface area contributed by atoms with E-state index in [4.69, 9.17) is 4.74 Å². The minimum Gasteiger partial charge on any atom is -0.494 e. The van der Waals surface area contributed by atoms with E-state index < -0.39 is 34.3 Å². The maximum Gasteiger partial charge on any atom is 0.264 e. The van der Waals surface area contributed by atoms with Gasteiger partial charge in [-0.3, -0.25) is 13.9 Å². The lowest BCUT2D eigenvalue weighted by molar-refractivity contribution is -0.140. The van der Waals surface area contributed by atoms with Gasteiger partial charge in [0, 0.05) is 29.5 Å². The number of anilines is 1. The molecule has 1 fully saturated rings. The highest BCUT2D eigenvalue weighted by molar-refractivity contribution is 7.98. The average Bonchev–Trinajstić information content (AvgIpc) is 3.63. The van der Waals surface area contributed by atoms with Crippen LogP contribution in [0, 0.1) is 5.82 Å². The van der Waals surface area contributed by atoms with E-state index in [0.717, 1.165) is 40.4 Å². The first-order valence-electron chi connectivity index (χ1n) is 16.5. The van der Waals surface area contributed by atoms with Gasteiger partial charge in [-0.2, -0.15) is 0 Å². The second kappa shape index (κ2) is 16.8. The lowest BCUT2D eigenvalue weighted by Crippen LogP contribution is -2.54. The lowest BCUT2D eigenvalue weighted by Gasteiger charge is -2.34. The van der Waals surface area contributed by atoms with Gasteiger partial charge < -0.3 is 15.0 Å².